The SMILES string of the molecule is O=C(N[C@@H]1COCC[C@H]1O)c1cncc(Cl)c1. The van der Waals surface area contributed by atoms with E-state index in [1.54, 1.807) is 0 Å². The van der Waals surface area contributed by atoms with Crippen LogP contribution < -0.4 is 5.32 Å². The lowest BCUT2D eigenvalue weighted by Gasteiger charge is -2.28. The van der Waals surface area contributed by atoms with Crippen LogP contribution in [0.4, 0.5) is 0 Å². The van der Waals surface area contributed by atoms with Crippen LogP contribution in [0.25, 0.3) is 0 Å². The zero-order valence-corrected chi connectivity index (χ0v) is 9.85. The van der Waals surface area contributed by atoms with Crippen LogP contribution in [0.5, 0.6) is 0 Å². The molecule has 92 valence electrons. The van der Waals surface area contributed by atoms with Crippen molar-refractivity contribution in [3.63, 3.8) is 0 Å². The molecule has 6 heteroatoms. The molecule has 0 saturated carbocycles. The quantitative estimate of drug-likeness (QED) is 0.814. The van der Waals surface area contributed by atoms with Crippen molar-refractivity contribution in [2.24, 2.45) is 0 Å². The standard InChI is InChI=1S/C11H13ClN2O3/c12-8-3-7(4-13-5-8)11(16)14-9-6-17-2-1-10(9)15/h3-5,9-10,15H,1-2,6H2,(H,14,16)/t9-,10-/m1/s1. The summed E-state index contributed by atoms with van der Waals surface area (Å²) in [6.45, 7) is 0.840. The number of amides is 1. The molecular formula is C11H13ClN2O3. The predicted octanol–water partition coefficient (Wildman–Crippen LogP) is 0.615. The van der Waals surface area contributed by atoms with Crippen molar-refractivity contribution < 1.29 is 14.6 Å². The van der Waals surface area contributed by atoms with E-state index in [1.807, 2.05) is 0 Å². The average Bonchev–Trinajstić information content (AvgIpc) is 2.32. The molecule has 17 heavy (non-hydrogen) atoms. The van der Waals surface area contributed by atoms with Gasteiger partial charge < -0.3 is 15.2 Å². The molecule has 1 aliphatic heterocycles. The van der Waals surface area contributed by atoms with E-state index >= 15 is 0 Å². The first-order valence-corrected chi connectivity index (χ1v) is 5.72. The summed E-state index contributed by atoms with van der Waals surface area (Å²) in [7, 11) is 0. The van der Waals surface area contributed by atoms with Gasteiger partial charge in [0.25, 0.3) is 5.91 Å². The largest absolute Gasteiger partial charge is 0.391 e. The highest BCUT2D eigenvalue weighted by atomic mass is 35.5. The van der Waals surface area contributed by atoms with E-state index in [-0.39, 0.29) is 11.9 Å². The minimum atomic E-state index is -0.570. The molecule has 2 N–H and O–H groups in total. The zero-order valence-electron chi connectivity index (χ0n) is 9.10. The molecule has 0 aliphatic carbocycles. The number of halogens is 1. The van der Waals surface area contributed by atoms with Crippen LogP contribution >= 0.6 is 11.6 Å². The Hall–Kier alpha value is -1.17. The molecule has 1 fully saturated rings. The maximum Gasteiger partial charge on any atom is 0.253 e. The average molecular weight is 257 g/mol. The van der Waals surface area contributed by atoms with Crippen molar-refractivity contribution in [2.45, 2.75) is 18.6 Å². The van der Waals surface area contributed by atoms with Gasteiger partial charge in [-0.15, -0.1) is 0 Å². The van der Waals surface area contributed by atoms with Gasteiger partial charge in [-0.3, -0.25) is 9.78 Å². The Morgan fingerprint density at radius 2 is 2.41 bits per heavy atom. The molecule has 0 bridgehead atoms. The fourth-order valence-electron chi connectivity index (χ4n) is 1.65. The maximum atomic E-state index is 11.8. The highest BCUT2D eigenvalue weighted by Crippen LogP contribution is 2.11. The number of aliphatic hydroxyl groups excluding tert-OH is 1. The van der Waals surface area contributed by atoms with Gasteiger partial charge in [-0.05, 0) is 12.5 Å². The molecule has 1 saturated heterocycles. The number of hydrogen-bond donors (Lipinski definition) is 2. The summed E-state index contributed by atoms with van der Waals surface area (Å²) >= 11 is 5.74. The first-order chi connectivity index (χ1) is 8.16. The number of rotatable bonds is 2. The number of nitrogens with one attached hydrogen (secondary N) is 1. The molecular weight excluding hydrogens is 244 g/mol. The predicted molar refractivity (Wildman–Crippen MR) is 61.9 cm³/mol. The van der Waals surface area contributed by atoms with Gasteiger partial charge in [0.2, 0.25) is 0 Å². The third kappa shape index (κ3) is 3.15. The summed E-state index contributed by atoms with van der Waals surface area (Å²) in [5.74, 6) is -0.311. The molecule has 0 radical (unpaired) electrons. The van der Waals surface area contributed by atoms with Gasteiger partial charge in [-0.1, -0.05) is 11.6 Å². The Kier molecular flexibility index (Phi) is 3.93. The van der Waals surface area contributed by atoms with Gasteiger partial charge in [0.1, 0.15) is 0 Å². The Morgan fingerprint density at radius 3 is 3.12 bits per heavy atom. The van der Waals surface area contributed by atoms with E-state index in [4.69, 9.17) is 16.3 Å². The van der Waals surface area contributed by atoms with Crippen LogP contribution in [-0.2, 0) is 4.74 Å². The van der Waals surface area contributed by atoms with E-state index in [9.17, 15) is 9.90 Å². The van der Waals surface area contributed by atoms with Gasteiger partial charge in [-0.2, -0.15) is 0 Å². The normalized spacial score (nSPS) is 24.4. The molecule has 2 heterocycles. The molecule has 0 aromatic carbocycles. The third-order valence-electron chi connectivity index (χ3n) is 2.60. The second-order valence-electron chi connectivity index (χ2n) is 3.90. The number of carbonyl (C=O) groups is 1. The monoisotopic (exact) mass is 256 g/mol. The molecule has 0 spiro atoms. The molecule has 2 atom stereocenters. The number of aromatic nitrogens is 1. The molecule has 2 rings (SSSR count). The van der Waals surface area contributed by atoms with Crippen LogP contribution in [0, 0.1) is 0 Å². The van der Waals surface area contributed by atoms with E-state index in [0.29, 0.717) is 30.2 Å². The van der Waals surface area contributed by atoms with Crippen molar-refractivity contribution in [3.05, 3.63) is 29.0 Å². The van der Waals surface area contributed by atoms with Crippen molar-refractivity contribution in [1.29, 1.82) is 0 Å². The van der Waals surface area contributed by atoms with Gasteiger partial charge in [0.15, 0.2) is 0 Å². The Balaban J connectivity index is 2.01. The molecule has 1 aliphatic rings. The first-order valence-electron chi connectivity index (χ1n) is 5.34. The topological polar surface area (TPSA) is 71.5 Å². The second kappa shape index (κ2) is 5.44. The fourth-order valence-corrected chi connectivity index (χ4v) is 1.83. The smallest absolute Gasteiger partial charge is 0.253 e. The second-order valence-corrected chi connectivity index (χ2v) is 4.34. The van der Waals surface area contributed by atoms with Gasteiger partial charge >= 0.3 is 0 Å². The summed E-state index contributed by atoms with van der Waals surface area (Å²) in [4.78, 5) is 15.7. The highest BCUT2D eigenvalue weighted by molar-refractivity contribution is 6.30. The van der Waals surface area contributed by atoms with E-state index < -0.39 is 6.10 Å². The number of hydrogen-bond acceptors (Lipinski definition) is 4. The van der Waals surface area contributed by atoms with E-state index in [1.165, 1.54) is 18.5 Å². The minimum absolute atomic E-state index is 0.311. The Morgan fingerprint density at radius 1 is 1.59 bits per heavy atom. The molecule has 5 nitrogen and oxygen atoms in total. The number of ether oxygens (including phenoxy) is 1. The van der Waals surface area contributed by atoms with Crippen LogP contribution in [0.2, 0.25) is 5.02 Å². The number of carbonyl (C=O) groups excluding carboxylic acids is 1. The first kappa shape index (κ1) is 12.3. The lowest BCUT2D eigenvalue weighted by atomic mass is 10.1. The van der Waals surface area contributed by atoms with Crippen molar-refractivity contribution >= 4 is 17.5 Å². The number of aliphatic hydroxyl groups is 1. The Labute approximate surface area is 104 Å². The summed E-state index contributed by atoms with van der Waals surface area (Å²) in [5.41, 5.74) is 0.371. The fraction of sp³-hybridized carbons (Fsp3) is 0.455. The van der Waals surface area contributed by atoms with Gasteiger partial charge in [-0.25, -0.2) is 0 Å². The van der Waals surface area contributed by atoms with Crippen LogP contribution in [0.3, 0.4) is 0 Å². The molecule has 1 amide bonds. The summed E-state index contributed by atoms with van der Waals surface area (Å²) in [6.07, 6.45) is 2.84. The van der Waals surface area contributed by atoms with Crippen molar-refractivity contribution in [2.75, 3.05) is 13.2 Å². The van der Waals surface area contributed by atoms with Gasteiger partial charge in [0.05, 0.1) is 29.3 Å². The van der Waals surface area contributed by atoms with Crippen molar-refractivity contribution in [3.8, 4) is 0 Å². The number of nitrogens with zero attached hydrogens (tertiary/aromatic N) is 1. The summed E-state index contributed by atoms with van der Waals surface area (Å²) in [5, 5.41) is 12.8. The maximum absolute atomic E-state index is 11.8. The van der Waals surface area contributed by atoms with Crippen LogP contribution in [-0.4, -0.2) is 41.4 Å². The summed E-state index contributed by atoms with van der Waals surface area (Å²) in [6, 6.07) is 1.15. The van der Waals surface area contributed by atoms with Gasteiger partial charge in [0, 0.05) is 19.0 Å². The zero-order chi connectivity index (χ0) is 12.3. The third-order valence-corrected chi connectivity index (χ3v) is 2.81. The molecule has 1 aromatic rings. The molecule has 1 aromatic heterocycles. The molecule has 0 unspecified atom stereocenters. The van der Waals surface area contributed by atoms with Crippen LogP contribution in [0.15, 0.2) is 18.5 Å². The highest BCUT2D eigenvalue weighted by Gasteiger charge is 2.25. The van der Waals surface area contributed by atoms with E-state index in [0.717, 1.165) is 0 Å². The minimum Gasteiger partial charge on any atom is -0.391 e. The lowest BCUT2D eigenvalue weighted by Crippen LogP contribution is -2.49. The van der Waals surface area contributed by atoms with Crippen molar-refractivity contribution in [1.82, 2.24) is 10.3 Å². The van der Waals surface area contributed by atoms with Crippen LogP contribution in [0.1, 0.15) is 16.8 Å². The number of pyridine rings is 1. The summed E-state index contributed by atoms with van der Waals surface area (Å²) < 4.78 is 5.20. The van der Waals surface area contributed by atoms with E-state index in [2.05, 4.69) is 10.3 Å². The Bertz CT molecular complexity index is 413. The lowest BCUT2D eigenvalue weighted by molar-refractivity contribution is -0.0140.